The smallest absolute Gasteiger partial charge is 0.228 e. The van der Waals surface area contributed by atoms with E-state index >= 15 is 0 Å². The quantitative estimate of drug-likeness (QED) is 0.441. The molecule has 0 unspecified atom stereocenters. The lowest BCUT2D eigenvalue weighted by atomic mass is 10.2. The average molecular weight is 497 g/mol. The van der Waals surface area contributed by atoms with Gasteiger partial charge < -0.3 is 14.8 Å². The third kappa shape index (κ3) is 6.04. The highest BCUT2D eigenvalue weighted by atomic mass is 32.2. The Bertz CT molecular complexity index is 1230. The van der Waals surface area contributed by atoms with Gasteiger partial charge in [0, 0.05) is 12.1 Å². The van der Waals surface area contributed by atoms with Gasteiger partial charge in [-0.15, -0.1) is 0 Å². The van der Waals surface area contributed by atoms with Gasteiger partial charge in [-0.3, -0.25) is 0 Å². The number of sulfone groups is 1. The maximum Gasteiger partial charge on any atom is 0.228 e. The van der Waals surface area contributed by atoms with Gasteiger partial charge in [0.1, 0.15) is 0 Å². The van der Waals surface area contributed by atoms with Gasteiger partial charge in [0.2, 0.25) is 15.0 Å². The van der Waals surface area contributed by atoms with Crippen LogP contribution in [-0.2, 0) is 28.7 Å². The van der Waals surface area contributed by atoms with Crippen LogP contribution in [-0.4, -0.2) is 40.1 Å². The zero-order valence-corrected chi connectivity index (χ0v) is 21.6. The van der Waals surface area contributed by atoms with Gasteiger partial charge in [-0.05, 0) is 57.0 Å². The Morgan fingerprint density at radius 3 is 2.41 bits per heavy atom. The molecule has 0 aliphatic heterocycles. The van der Waals surface area contributed by atoms with Crippen molar-refractivity contribution in [1.82, 2.24) is 19.8 Å². The highest BCUT2D eigenvalue weighted by Gasteiger charge is 2.33. The van der Waals surface area contributed by atoms with Crippen molar-refractivity contribution in [2.75, 3.05) is 0 Å². The summed E-state index contributed by atoms with van der Waals surface area (Å²) in [6.45, 7) is 7.06. The summed E-state index contributed by atoms with van der Waals surface area (Å²) in [5, 5.41) is 4.14. The molecule has 34 heavy (non-hydrogen) atoms. The molecule has 2 aromatic carbocycles. The molecule has 1 N–H and O–H groups in total. The molecule has 1 fully saturated rings. The first-order valence-corrected chi connectivity index (χ1v) is 13.7. The third-order valence-electron chi connectivity index (χ3n) is 5.83. The molecule has 8 heteroatoms. The Hall–Kier alpha value is -2.71. The van der Waals surface area contributed by atoms with Crippen molar-refractivity contribution in [2.24, 2.45) is 0 Å². The highest BCUT2D eigenvalue weighted by Crippen LogP contribution is 2.29. The zero-order valence-electron chi connectivity index (χ0n) is 19.9. The van der Waals surface area contributed by atoms with Crippen molar-refractivity contribution in [3.8, 4) is 0 Å². The molecule has 0 spiro atoms. The lowest BCUT2D eigenvalue weighted by molar-refractivity contribution is 0.378. The maximum atomic E-state index is 13.5. The molecule has 1 aliphatic carbocycles. The topological polar surface area (TPSA) is 67.2 Å². The molecule has 6 nitrogen and oxygen atoms in total. The molecular weight excluding hydrogens is 464 g/mol. The van der Waals surface area contributed by atoms with Crippen LogP contribution in [0.15, 0.2) is 66.0 Å². The minimum atomic E-state index is -3.65. The van der Waals surface area contributed by atoms with Crippen molar-refractivity contribution in [3.05, 3.63) is 83.2 Å². The van der Waals surface area contributed by atoms with E-state index in [1.54, 1.807) is 6.20 Å². The molecule has 4 rings (SSSR count). The molecule has 1 saturated carbocycles. The first-order valence-electron chi connectivity index (χ1n) is 11.7. The summed E-state index contributed by atoms with van der Waals surface area (Å²) in [5.74, 6) is -0.0851. The molecule has 0 saturated heterocycles. The van der Waals surface area contributed by atoms with Gasteiger partial charge in [-0.1, -0.05) is 60.2 Å². The molecule has 0 bridgehead atoms. The van der Waals surface area contributed by atoms with Crippen LogP contribution >= 0.6 is 12.2 Å². The molecule has 180 valence electrons. The monoisotopic (exact) mass is 496 g/mol. The van der Waals surface area contributed by atoms with Crippen molar-refractivity contribution >= 4 is 27.2 Å². The van der Waals surface area contributed by atoms with Crippen LogP contribution in [0.1, 0.15) is 49.1 Å². The van der Waals surface area contributed by atoms with E-state index in [0.717, 1.165) is 35.2 Å². The molecule has 0 atom stereocenters. The van der Waals surface area contributed by atoms with E-state index in [9.17, 15) is 8.42 Å². The van der Waals surface area contributed by atoms with Gasteiger partial charge in [0.25, 0.3) is 0 Å². The van der Waals surface area contributed by atoms with E-state index in [2.05, 4.69) is 29.0 Å². The standard InChI is InChI=1S/C26H32N4O2S2/c1-19(2)28-25(33)29(23-13-14-23)17-24-15-27-26(30(24)16-21-7-5-4-6-8-21)34(31,32)18-22-11-9-20(3)10-12-22/h4-12,15,19,23H,13-14,16-18H2,1-3H3,(H,28,33). The number of thiocarbonyl (C=S) groups is 1. The number of imidazole rings is 1. The molecule has 3 aromatic rings. The van der Waals surface area contributed by atoms with Crippen molar-refractivity contribution in [1.29, 1.82) is 0 Å². The van der Waals surface area contributed by atoms with Gasteiger partial charge in [0.05, 0.1) is 30.7 Å². The second-order valence-corrected chi connectivity index (χ2v) is 11.6. The number of hydrogen-bond donors (Lipinski definition) is 1. The second-order valence-electron chi connectivity index (χ2n) is 9.31. The fraction of sp³-hybridized carbons (Fsp3) is 0.385. The van der Waals surface area contributed by atoms with Crippen molar-refractivity contribution in [3.63, 3.8) is 0 Å². The zero-order chi connectivity index (χ0) is 24.3. The van der Waals surface area contributed by atoms with Crippen LogP contribution in [0.5, 0.6) is 0 Å². The number of nitrogens with one attached hydrogen (secondary N) is 1. The van der Waals surface area contributed by atoms with Crippen LogP contribution < -0.4 is 5.32 Å². The Morgan fingerprint density at radius 2 is 1.79 bits per heavy atom. The minimum absolute atomic E-state index is 0.0851. The summed E-state index contributed by atoms with van der Waals surface area (Å²) >= 11 is 5.68. The molecule has 1 aliphatic rings. The Kier molecular flexibility index (Phi) is 7.38. The van der Waals surface area contributed by atoms with E-state index in [4.69, 9.17) is 12.2 Å². The molecule has 0 radical (unpaired) electrons. The van der Waals surface area contributed by atoms with Gasteiger partial charge in [0.15, 0.2) is 5.11 Å². The summed E-state index contributed by atoms with van der Waals surface area (Å²) in [4.78, 5) is 6.61. The van der Waals surface area contributed by atoms with Crippen LogP contribution in [0.3, 0.4) is 0 Å². The molecule has 0 amide bonds. The van der Waals surface area contributed by atoms with Crippen LogP contribution in [0.2, 0.25) is 0 Å². The van der Waals surface area contributed by atoms with E-state index in [-0.39, 0.29) is 17.0 Å². The van der Waals surface area contributed by atoms with Crippen molar-refractivity contribution < 1.29 is 8.42 Å². The fourth-order valence-electron chi connectivity index (χ4n) is 3.93. The minimum Gasteiger partial charge on any atom is -0.360 e. The number of aryl methyl sites for hydroxylation is 1. The van der Waals surface area contributed by atoms with Crippen LogP contribution in [0.4, 0.5) is 0 Å². The predicted molar refractivity (Wildman–Crippen MR) is 139 cm³/mol. The van der Waals surface area contributed by atoms with Gasteiger partial charge in [-0.2, -0.15) is 0 Å². The lowest BCUT2D eigenvalue weighted by Gasteiger charge is -2.27. The van der Waals surface area contributed by atoms with E-state index in [0.29, 0.717) is 24.2 Å². The second kappa shape index (κ2) is 10.3. The first kappa shape index (κ1) is 24.4. The number of benzene rings is 2. The van der Waals surface area contributed by atoms with Gasteiger partial charge >= 0.3 is 0 Å². The molecule has 1 aromatic heterocycles. The number of aromatic nitrogens is 2. The van der Waals surface area contributed by atoms with E-state index in [1.165, 1.54) is 0 Å². The van der Waals surface area contributed by atoms with Gasteiger partial charge in [-0.25, -0.2) is 13.4 Å². The van der Waals surface area contributed by atoms with Crippen molar-refractivity contribution in [2.45, 2.75) is 69.7 Å². The molecule has 1 heterocycles. The predicted octanol–water partition coefficient (Wildman–Crippen LogP) is 4.46. The lowest BCUT2D eigenvalue weighted by Crippen LogP contribution is -2.43. The van der Waals surface area contributed by atoms with Crippen LogP contribution in [0, 0.1) is 6.92 Å². The summed E-state index contributed by atoms with van der Waals surface area (Å²) < 4.78 is 28.8. The largest absolute Gasteiger partial charge is 0.360 e. The average Bonchev–Trinajstić information content (AvgIpc) is 3.54. The maximum absolute atomic E-state index is 13.5. The number of rotatable bonds is 9. The number of hydrogen-bond acceptors (Lipinski definition) is 4. The summed E-state index contributed by atoms with van der Waals surface area (Å²) in [6.07, 6.45) is 3.87. The Balaban J connectivity index is 1.68. The SMILES string of the molecule is Cc1ccc(CS(=O)(=O)c2ncc(CN(C(=S)NC(C)C)C3CC3)n2Cc2ccccc2)cc1. The normalized spacial score (nSPS) is 13.8. The summed E-state index contributed by atoms with van der Waals surface area (Å²) in [6, 6.07) is 18.1. The number of nitrogens with zero attached hydrogens (tertiary/aromatic N) is 3. The highest BCUT2D eigenvalue weighted by molar-refractivity contribution is 7.90. The van der Waals surface area contributed by atoms with E-state index in [1.807, 2.05) is 66.1 Å². The molecular formula is C26H32N4O2S2. The summed E-state index contributed by atoms with van der Waals surface area (Å²) in [7, 11) is -3.65. The summed E-state index contributed by atoms with van der Waals surface area (Å²) in [5.41, 5.74) is 3.71. The Morgan fingerprint density at radius 1 is 1.12 bits per heavy atom. The Labute approximate surface area is 207 Å². The third-order valence-corrected chi connectivity index (χ3v) is 7.78. The first-order chi connectivity index (χ1) is 16.2. The fourth-order valence-corrected chi connectivity index (χ4v) is 5.87. The van der Waals surface area contributed by atoms with Crippen LogP contribution in [0.25, 0.3) is 0 Å². The van der Waals surface area contributed by atoms with E-state index < -0.39 is 9.84 Å².